The molecular weight excluding hydrogens is 554 g/mol. The quantitative estimate of drug-likeness (QED) is 0.324. The molecule has 0 fully saturated rings. The molecular formula is C25H22Cl2F3NO5S. The van der Waals surface area contributed by atoms with Crippen LogP contribution >= 0.6 is 23.2 Å². The topological polar surface area (TPSA) is 65.1 Å². The third-order valence-electron chi connectivity index (χ3n) is 5.95. The minimum absolute atomic E-state index is 0.116. The normalized spacial score (nSPS) is 16.2. The van der Waals surface area contributed by atoms with E-state index in [1.54, 1.807) is 24.3 Å². The van der Waals surface area contributed by atoms with Gasteiger partial charge in [-0.1, -0.05) is 23.2 Å². The lowest BCUT2D eigenvalue weighted by Crippen LogP contribution is -2.41. The average molecular weight is 576 g/mol. The zero-order chi connectivity index (χ0) is 27.0. The molecule has 1 unspecified atom stereocenters. The molecule has 0 bridgehead atoms. The van der Waals surface area contributed by atoms with Gasteiger partial charge in [0, 0.05) is 28.2 Å². The van der Waals surface area contributed by atoms with E-state index >= 15 is 0 Å². The van der Waals surface area contributed by atoms with Crippen LogP contribution in [0.25, 0.3) is 0 Å². The average Bonchev–Trinajstić information content (AvgIpc) is 2.82. The van der Waals surface area contributed by atoms with Crippen LogP contribution in [-0.2, 0) is 22.9 Å². The highest BCUT2D eigenvalue weighted by atomic mass is 35.5. The Bertz CT molecular complexity index is 1360. The maximum atomic E-state index is 13.8. The summed E-state index contributed by atoms with van der Waals surface area (Å²) in [5, 5.41) is 0.796. The Morgan fingerprint density at radius 3 is 2.16 bits per heavy atom. The molecule has 0 N–H and O–H groups in total. The highest BCUT2D eigenvalue weighted by Crippen LogP contribution is 2.43. The van der Waals surface area contributed by atoms with Crippen molar-refractivity contribution in [1.29, 1.82) is 0 Å². The van der Waals surface area contributed by atoms with E-state index in [0.717, 1.165) is 29.8 Å². The second-order valence-corrected chi connectivity index (χ2v) is 11.0. The van der Waals surface area contributed by atoms with Gasteiger partial charge in [-0.2, -0.15) is 4.31 Å². The summed E-state index contributed by atoms with van der Waals surface area (Å²) in [5.41, 5.74) is 2.21. The molecule has 3 aromatic rings. The van der Waals surface area contributed by atoms with Gasteiger partial charge in [-0.3, -0.25) is 0 Å². The van der Waals surface area contributed by atoms with Crippen molar-refractivity contribution in [3.05, 3.63) is 81.3 Å². The van der Waals surface area contributed by atoms with Crippen molar-refractivity contribution in [3.63, 3.8) is 0 Å². The Labute approximate surface area is 222 Å². The Kier molecular flexibility index (Phi) is 7.85. The van der Waals surface area contributed by atoms with Crippen LogP contribution in [-0.4, -0.2) is 39.8 Å². The van der Waals surface area contributed by atoms with Crippen molar-refractivity contribution in [2.75, 3.05) is 20.8 Å². The van der Waals surface area contributed by atoms with E-state index < -0.39 is 28.2 Å². The van der Waals surface area contributed by atoms with Crippen molar-refractivity contribution >= 4 is 33.2 Å². The summed E-state index contributed by atoms with van der Waals surface area (Å²) in [5.74, 6) is 0.493. The van der Waals surface area contributed by atoms with E-state index in [-0.39, 0.29) is 17.9 Å². The van der Waals surface area contributed by atoms with E-state index in [0.29, 0.717) is 39.1 Å². The van der Waals surface area contributed by atoms with Crippen LogP contribution in [0.4, 0.5) is 13.2 Å². The molecule has 0 aliphatic carbocycles. The molecule has 1 heterocycles. The number of methoxy groups -OCH3 is 2. The molecule has 0 saturated carbocycles. The van der Waals surface area contributed by atoms with Gasteiger partial charge < -0.3 is 14.2 Å². The van der Waals surface area contributed by atoms with Gasteiger partial charge in [0.2, 0.25) is 10.0 Å². The SMILES string of the molecule is COc1cc2c(c(OC)c1)C(Cc1cc(Cl)cc(Cl)c1)N(S(=O)(=O)c1ccc(OC(F)(F)F)cc1)CC2. The second kappa shape index (κ2) is 10.6. The predicted molar refractivity (Wildman–Crippen MR) is 133 cm³/mol. The Balaban J connectivity index is 1.80. The zero-order valence-electron chi connectivity index (χ0n) is 19.7. The summed E-state index contributed by atoms with van der Waals surface area (Å²) in [6.07, 6.45) is -4.31. The third kappa shape index (κ3) is 6.09. The van der Waals surface area contributed by atoms with Crippen LogP contribution < -0.4 is 14.2 Å². The lowest BCUT2D eigenvalue weighted by molar-refractivity contribution is -0.274. The summed E-state index contributed by atoms with van der Waals surface area (Å²) in [4.78, 5) is -0.174. The summed E-state index contributed by atoms with van der Waals surface area (Å²) >= 11 is 12.4. The monoisotopic (exact) mass is 575 g/mol. The Hall–Kier alpha value is -2.66. The first-order chi connectivity index (χ1) is 17.4. The van der Waals surface area contributed by atoms with Gasteiger partial charge in [-0.25, -0.2) is 8.42 Å². The van der Waals surface area contributed by atoms with Crippen molar-refractivity contribution in [1.82, 2.24) is 4.31 Å². The number of sulfonamides is 1. The molecule has 1 aliphatic heterocycles. The summed E-state index contributed by atoms with van der Waals surface area (Å²) in [6.45, 7) is 0.116. The predicted octanol–water partition coefficient (Wildman–Crippen LogP) is 6.44. The maximum Gasteiger partial charge on any atom is 0.573 e. The zero-order valence-corrected chi connectivity index (χ0v) is 22.0. The number of ether oxygens (including phenoxy) is 3. The lowest BCUT2D eigenvalue weighted by Gasteiger charge is -2.37. The van der Waals surface area contributed by atoms with Crippen LogP contribution in [0.2, 0.25) is 10.0 Å². The van der Waals surface area contributed by atoms with Gasteiger partial charge in [-0.15, -0.1) is 13.2 Å². The molecule has 0 radical (unpaired) electrons. The fourth-order valence-corrected chi connectivity index (χ4v) is 6.62. The van der Waals surface area contributed by atoms with Crippen LogP contribution in [0.1, 0.15) is 22.7 Å². The molecule has 0 spiro atoms. The van der Waals surface area contributed by atoms with E-state index in [2.05, 4.69) is 4.74 Å². The molecule has 0 amide bonds. The number of fused-ring (bicyclic) bond motifs is 1. The summed E-state index contributed by atoms with van der Waals surface area (Å²) in [7, 11) is -1.14. The van der Waals surface area contributed by atoms with E-state index in [1.165, 1.54) is 18.5 Å². The van der Waals surface area contributed by atoms with Gasteiger partial charge in [0.05, 0.1) is 25.2 Å². The van der Waals surface area contributed by atoms with E-state index in [9.17, 15) is 21.6 Å². The van der Waals surface area contributed by atoms with E-state index in [4.69, 9.17) is 32.7 Å². The van der Waals surface area contributed by atoms with Crippen LogP contribution in [0.3, 0.4) is 0 Å². The van der Waals surface area contributed by atoms with E-state index in [1.807, 2.05) is 6.07 Å². The lowest BCUT2D eigenvalue weighted by atomic mass is 9.89. The minimum Gasteiger partial charge on any atom is -0.497 e. The van der Waals surface area contributed by atoms with Crippen molar-refractivity contribution < 1.29 is 35.8 Å². The van der Waals surface area contributed by atoms with Gasteiger partial charge in [0.1, 0.15) is 17.2 Å². The van der Waals surface area contributed by atoms with Crippen molar-refractivity contribution in [2.24, 2.45) is 0 Å². The number of halogens is 5. The fraction of sp³-hybridized carbons (Fsp3) is 0.280. The smallest absolute Gasteiger partial charge is 0.497 e. The molecule has 0 saturated heterocycles. The number of rotatable bonds is 7. The second-order valence-electron chi connectivity index (χ2n) is 8.29. The first-order valence-corrected chi connectivity index (χ1v) is 13.2. The maximum absolute atomic E-state index is 13.8. The number of nitrogens with zero attached hydrogens (tertiary/aromatic N) is 1. The molecule has 3 aromatic carbocycles. The summed E-state index contributed by atoms with van der Waals surface area (Å²) in [6, 6.07) is 11.9. The number of hydrogen-bond acceptors (Lipinski definition) is 5. The third-order valence-corrected chi connectivity index (χ3v) is 8.31. The largest absolute Gasteiger partial charge is 0.573 e. The molecule has 37 heavy (non-hydrogen) atoms. The van der Waals surface area contributed by atoms with Gasteiger partial charge in [0.15, 0.2) is 0 Å². The highest BCUT2D eigenvalue weighted by Gasteiger charge is 2.39. The van der Waals surface area contributed by atoms with Crippen molar-refractivity contribution in [2.45, 2.75) is 30.1 Å². The first kappa shape index (κ1) is 27.4. The Morgan fingerprint density at radius 1 is 0.946 bits per heavy atom. The molecule has 1 atom stereocenters. The molecule has 12 heteroatoms. The molecule has 1 aliphatic rings. The summed E-state index contributed by atoms with van der Waals surface area (Å²) < 4.78 is 81.5. The number of benzene rings is 3. The van der Waals surface area contributed by atoms with Gasteiger partial charge in [-0.05, 0) is 72.5 Å². The standard InChI is InChI=1S/C25H22Cl2F3NO5S/c1-34-20-12-16-7-8-31(37(32,33)21-5-3-19(4-6-21)36-25(28,29)30)22(24(16)23(14-20)35-2)11-15-9-17(26)13-18(27)10-15/h3-6,9-10,12-14,22H,7-8,11H2,1-2H3. The first-order valence-electron chi connectivity index (χ1n) is 11.0. The fourth-order valence-electron chi connectivity index (χ4n) is 4.45. The highest BCUT2D eigenvalue weighted by molar-refractivity contribution is 7.89. The molecule has 198 valence electrons. The number of hydrogen-bond donors (Lipinski definition) is 0. The van der Waals surface area contributed by atoms with Crippen LogP contribution in [0.5, 0.6) is 17.2 Å². The van der Waals surface area contributed by atoms with Gasteiger partial charge in [0.25, 0.3) is 0 Å². The number of alkyl halides is 3. The minimum atomic E-state index is -4.89. The van der Waals surface area contributed by atoms with Crippen molar-refractivity contribution in [3.8, 4) is 17.2 Å². The van der Waals surface area contributed by atoms with Crippen LogP contribution in [0, 0.1) is 0 Å². The Morgan fingerprint density at radius 2 is 1.59 bits per heavy atom. The molecule has 0 aromatic heterocycles. The molecule has 6 nitrogen and oxygen atoms in total. The van der Waals surface area contributed by atoms with Crippen LogP contribution in [0.15, 0.2) is 59.5 Å². The van der Waals surface area contributed by atoms with Gasteiger partial charge >= 0.3 is 6.36 Å². The molecule has 4 rings (SSSR count).